The summed E-state index contributed by atoms with van der Waals surface area (Å²) in [6, 6.07) is 15.8. The molecule has 2 aliphatic rings. The number of nitrogens with one attached hydrogen (secondary N) is 6. The van der Waals surface area contributed by atoms with E-state index in [-0.39, 0.29) is 23.9 Å². The van der Waals surface area contributed by atoms with Crippen LogP contribution >= 0.6 is 0 Å². The molecule has 2 saturated heterocycles. The first-order valence-electron chi connectivity index (χ1n) is 20.6. The molecule has 2 aliphatic heterocycles. The molecule has 0 saturated carbocycles. The number of rotatable bonds is 18. The molecule has 6 N–H and O–H groups in total. The first-order valence-corrected chi connectivity index (χ1v) is 20.6. The van der Waals surface area contributed by atoms with Crippen LogP contribution in [-0.4, -0.2) is 84.8 Å². The minimum Gasteiger partial charge on any atom is -0.435 e. The van der Waals surface area contributed by atoms with Gasteiger partial charge in [-0.05, 0) is 37.8 Å². The van der Waals surface area contributed by atoms with Crippen LogP contribution in [0.15, 0.2) is 60.7 Å². The van der Waals surface area contributed by atoms with Crippen LogP contribution < -0.4 is 31.9 Å². The summed E-state index contributed by atoms with van der Waals surface area (Å²) < 4.78 is 10.6. The van der Waals surface area contributed by atoms with E-state index in [9.17, 15) is 38.4 Å². The lowest BCUT2D eigenvalue weighted by molar-refractivity contribution is -0.139. The van der Waals surface area contributed by atoms with E-state index >= 15 is 0 Å². The molecule has 0 aliphatic carbocycles. The molecule has 0 unspecified atom stereocenters. The normalized spacial score (nSPS) is 19.3. The molecule has 6 amide bonds. The fraction of sp³-hybridized carbons (Fsp3) is 0.545. The van der Waals surface area contributed by atoms with Crippen LogP contribution in [0.25, 0.3) is 0 Å². The molecule has 2 heterocycles. The van der Waals surface area contributed by atoms with Gasteiger partial charge in [-0.1, -0.05) is 128 Å². The van der Waals surface area contributed by atoms with Crippen LogP contribution in [0.2, 0.25) is 0 Å². The number of unbranched alkanes of at least 4 members (excludes halogenated alkanes) is 2. The molecule has 6 atom stereocenters. The van der Waals surface area contributed by atoms with Crippen molar-refractivity contribution >= 4 is 47.4 Å². The van der Waals surface area contributed by atoms with Crippen LogP contribution in [0.4, 0.5) is 9.59 Å². The monoisotopic (exact) mass is 834 g/mol. The Morgan fingerprint density at radius 2 is 0.933 bits per heavy atom. The van der Waals surface area contributed by atoms with Crippen molar-refractivity contribution in [3.8, 4) is 0 Å². The van der Waals surface area contributed by atoms with E-state index < -0.39 is 70.7 Å². The zero-order valence-corrected chi connectivity index (χ0v) is 36.0. The fourth-order valence-electron chi connectivity index (χ4n) is 6.56. The SMILES string of the molecule is CCCC[C@H](NC(=O)O[C@@H]1C(=O)NCC1(C)C)C(=O)C(=O)N[C@H](C)c1ccccc1.CCCC[C@H](NC(=O)O[C@H]1C(=O)NCC1(C)C)C(=O)C(=O)N[C@H](C)c1ccccc1. The highest BCUT2D eigenvalue weighted by atomic mass is 16.6. The lowest BCUT2D eigenvalue weighted by atomic mass is 9.90. The maximum Gasteiger partial charge on any atom is 0.408 e. The summed E-state index contributed by atoms with van der Waals surface area (Å²) in [5.74, 6) is -3.77. The standard InChI is InChI=1S/2C22H31N3O5/c2*1-5-6-12-16(25-21(29)30-18-20(28)23-13-22(18,3)4)17(26)19(27)24-14(2)15-10-8-7-9-11-15/h2*7-11,14,16,18H,5-6,12-13H2,1-4H3,(H,23,28)(H,24,27)(H,25,29)/t14-,16+,18+;14-,16+,18-/m11/s1. The second-order valence-corrected chi connectivity index (χ2v) is 16.6. The summed E-state index contributed by atoms with van der Waals surface area (Å²) in [6.07, 6.45) is -0.192. The Labute approximate surface area is 352 Å². The van der Waals surface area contributed by atoms with Gasteiger partial charge in [0.2, 0.25) is 11.6 Å². The number of alkyl carbamates (subject to hydrolysis) is 2. The van der Waals surface area contributed by atoms with Crippen molar-refractivity contribution in [2.75, 3.05) is 13.1 Å². The van der Waals surface area contributed by atoms with Crippen LogP contribution in [0.1, 0.15) is 117 Å². The van der Waals surface area contributed by atoms with Gasteiger partial charge in [0.15, 0.2) is 12.2 Å². The van der Waals surface area contributed by atoms with Gasteiger partial charge in [0.25, 0.3) is 23.6 Å². The number of ether oxygens (including phenoxy) is 2. The molecule has 4 rings (SSSR count). The van der Waals surface area contributed by atoms with E-state index in [1.807, 2.05) is 74.5 Å². The highest BCUT2D eigenvalue weighted by Crippen LogP contribution is 2.29. The van der Waals surface area contributed by atoms with Crippen LogP contribution in [0.3, 0.4) is 0 Å². The topological polar surface area (TPSA) is 227 Å². The maximum absolute atomic E-state index is 12.7. The summed E-state index contributed by atoms with van der Waals surface area (Å²) in [5, 5.41) is 15.6. The minimum absolute atomic E-state index is 0.303. The molecule has 16 nitrogen and oxygen atoms in total. The summed E-state index contributed by atoms with van der Waals surface area (Å²) in [5.41, 5.74) is 0.621. The van der Waals surface area contributed by atoms with Gasteiger partial charge < -0.3 is 41.4 Å². The second kappa shape index (κ2) is 22.5. The van der Waals surface area contributed by atoms with Crippen molar-refractivity contribution in [2.24, 2.45) is 10.8 Å². The van der Waals surface area contributed by atoms with Crippen molar-refractivity contribution in [1.82, 2.24) is 31.9 Å². The zero-order chi connectivity index (χ0) is 44.6. The molecule has 2 aromatic carbocycles. The Balaban J connectivity index is 0.000000320. The number of amides is 6. The molecule has 2 aromatic rings. The molecule has 60 heavy (non-hydrogen) atoms. The molecule has 16 heteroatoms. The van der Waals surface area contributed by atoms with Gasteiger partial charge in [-0.15, -0.1) is 0 Å². The van der Waals surface area contributed by atoms with Crippen molar-refractivity contribution in [2.45, 2.75) is 130 Å². The molecule has 0 bridgehead atoms. The quantitative estimate of drug-likeness (QED) is 0.115. The molecule has 0 spiro atoms. The molecule has 0 aromatic heterocycles. The minimum atomic E-state index is -1.02. The van der Waals surface area contributed by atoms with E-state index in [1.165, 1.54) is 0 Å². The summed E-state index contributed by atoms with van der Waals surface area (Å²) in [7, 11) is 0. The van der Waals surface area contributed by atoms with Crippen LogP contribution in [0, 0.1) is 10.8 Å². The zero-order valence-electron chi connectivity index (χ0n) is 36.0. The summed E-state index contributed by atoms with van der Waals surface area (Å²) >= 11 is 0. The number of hydrogen-bond donors (Lipinski definition) is 6. The van der Waals surface area contributed by atoms with Crippen molar-refractivity contribution in [3.05, 3.63) is 71.8 Å². The number of ketones is 2. The van der Waals surface area contributed by atoms with Gasteiger partial charge in [-0.3, -0.25) is 28.8 Å². The number of benzene rings is 2. The fourth-order valence-corrected chi connectivity index (χ4v) is 6.56. The van der Waals surface area contributed by atoms with Gasteiger partial charge in [0.1, 0.15) is 12.1 Å². The molecule has 328 valence electrons. The number of Topliss-reactive ketones (excluding diaryl/α,β-unsaturated/α-hetero) is 2. The first kappa shape index (κ1) is 48.6. The average molecular weight is 835 g/mol. The molecule has 0 radical (unpaired) electrons. The first-order chi connectivity index (χ1) is 28.3. The predicted molar refractivity (Wildman–Crippen MR) is 223 cm³/mol. The molecule has 2 fully saturated rings. The smallest absolute Gasteiger partial charge is 0.408 e. The van der Waals surface area contributed by atoms with Gasteiger partial charge in [-0.2, -0.15) is 0 Å². The van der Waals surface area contributed by atoms with Crippen LogP contribution in [-0.2, 0) is 38.2 Å². The van der Waals surface area contributed by atoms with Crippen molar-refractivity contribution in [3.63, 3.8) is 0 Å². The average Bonchev–Trinajstić information content (AvgIpc) is 3.63. The van der Waals surface area contributed by atoms with E-state index in [0.717, 1.165) is 24.0 Å². The molecular weight excluding hydrogens is 773 g/mol. The van der Waals surface area contributed by atoms with Gasteiger partial charge in [0.05, 0.1) is 12.1 Å². The third-order valence-electron chi connectivity index (χ3n) is 10.4. The van der Waals surface area contributed by atoms with Crippen molar-refractivity contribution < 1.29 is 47.8 Å². The maximum atomic E-state index is 12.7. The Morgan fingerprint density at radius 3 is 1.22 bits per heavy atom. The summed E-state index contributed by atoms with van der Waals surface area (Å²) in [4.78, 5) is 99.1. The van der Waals surface area contributed by atoms with E-state index in [2.05, 4.69) is 31.9 Å². The highest BCUT2D eigenvalue weighted by molar-refractivity contribution is 6.39. The summed E-state index contributed by atoms with van der Waals surface area (Å²) in [6.45, 7) is 15.5. The third-order valence-corrected chi connectivity index (χ3v) is 10.4. The van der Waals surface area contributed by atoms with Gasteiger partial charge in [0, 0.05) is 23.9 Å². The van der Waals surface area contributed by atoms with E-state index in [0.29, 0.717) is 38.8 Å². The number of carbonyl (C=O) groups is 8. The Morgan fingerprint density at radius 1 is 0.600 bits per heavy atom. The lowest BCUT2D eigenvalue weighted by Crippen LogP contribution is -2.49. The number of carbonyl (C=O) groups excluding carboxylic acids is 8. The second-order valence-electron chi connectivity index (χ2n) is 16.6. The van der Waals surface area contributed by atoms with Gasteiger partial charge >= 0.3 is 12.2 Å². The van der Waals surface area contributed by atoms with Gasteiger partial charge in [-0.25, -0.2) is 9.59 Å². The Hall–Kier alpha value is -5.80. The van der Waals surface area contributed by atoms with E-state index in [1.54, 1.807) is 41.5 Å². The Bertz CT molecular complexity index is 1690. The van der Waals surface area contributed by atoms with E-state index in [4.69, 9.17) is 9.47 Å². The predicted octanol–water partition coefficient (Wildman–Crippen LogP) is 4.49. The molecular formula is C44H62N6O10. The van der Waals surface area contributed by atoms with Crippen molar-refractivity contribution in [1.29, 1.82) is 0 Å². The highest BCUT2D eigenvalue weighted by Gasteiger charge is 2.46. The Kier molecular flexibility index (Phi) is 18.2. The van der Waals surface area contributed by atoms with Crippen LogP contribution in [0.5, 0.6) is 0 Å². The third kappa shape index (κ3) is 14.2. The number of hydrogen-bond acceptors (Lipinski definition) is 10. The largest absolute Gasteiger partial charge is 0.435 e. The lowest BCUT2D eigenvalue weighted by Gasteiger charge is -2.25.